The van der Waals surface area contributed by atoms with Gasteiger partial charge in [-0.25, -0.2) is 0 Å². The first-order chi connectivity index (χ1) is 1.91. The van der Waals surface area contributed by atoms with E-state index in [9.17, 15) is 0 Å². The molecule has 0 unspecified atom stereocenters. The molecule has 0 aliphatic rings. The first kappa shape index (κ1) is 15.9. The second kappa shape index (κ2) is 17.1. The van der Waals surface area contributed by atoms with Crippen molar-refractivity contribution in [2.45, 2.75) is 0 Å². The molecule has 0 bridgehead atoms. The first-order valence-electron chi connectivity index (χ1n) is 1.00. The molecular formula is C4H4Os2. The van der Waals surface area contributed by atoms with Crippen LogP contribution >= 0.6 is 0 Å². The van der Waals surface area contributed by atoms with Crippen LogP contribution < -0.4 is 0 Å². The standard InChI is InChI=1S/C4H4.2Os/c1-3-4-2;;/h1-4H;;/q-2;2*+1. The molecule has 36 valence electrons. The van der Waals surface area contributed by atoms with Gasteiger partial charge in [0.15, 0.2) is 0 Å². The second-order valence-electron chi connectivity index (χ2n) is 0.385. The van der Waals surface area contributed by atoms with Gasteiger partial charge < -0.3 is 25.3 Å². The molecule has 0 nitrogen and oxygen atoms in total. The van der Waals surface area contributed by atoms with Gasteiger partial charge >= 0.3 is 39.6 Å². The normalized spacial score (nSPS) is 3.33. The maximum Gasteiger partial charge on any atom is 1.00 e. The van der Waals surface area contributed by atoms with Gasteiger partial charge in [-0.15, -0.1) is 0 Å². The monoisotopic (exact) mass is 436 g/mol. The van der Waals surface area contributed by atoms with Gasteiger partial charge in [-0.05, 0) is 0 Å². The van der Waals surface area contributed by atoms with Gasteiger partial charge in [0.2, 0.25) is 0 Å². The van der Waals surface area contributed by atoms with Crippen molar-refractivity contribution in [3.8, 4) is 0 Å². The number of allylic oxidation sites excluding steroid dienone is 2. The van der Waals surface area contributed by atoms with Crippen LogP contribution in [0.4, 0.5) is 0 Å². The van der Waals surface area contributed by atoms with E-state index in [0.29, 0.717) is 0 Å². The van der Waals surface area contributed by atoms with E-state index >= 15 is 0 Å². The van der Waals surface area contributed by atoms with Crippen molar-refractivity contribution in [2.75, 3.05) is 0 Å². The van der Waals surface area contributed by atoms with E-state index in [2.05, 4.69) is 0 Å². The van der Waals surface area contributed by atoms with Crippen LogP contribution in [0.1, 0.15) is 0 Å². The molecule has 0 aliphatic heterocycles. The zero-order valence-electron chi connectivity index (χ0n) is 3.02. The van der Waals surface area contributed by atoms with Crippen LogP contribution in [0.15, 0.2) is 12.2 Å². The molecule has 0 spiro atoms. The van der Waals surface area contributed by atoms with Crippen LogP contribution in [-0.4, -0.2) is 0 Å². The van der Waals surface area contributed by atoms with Crippen LogP contribution in [-0.2, 0) is 39.6 Å². The molecule has 0 fully saturated rings. The Morgan fingerprint density at radius 3 is 1.00 bits per heavy atom. The van der Waals surface area contributed by atoms with Gasteiger partial charge in [-0.1, -0.05) is 0 Å². The summed E-state index contributed by atoms with van der Waals surface area (Å²) in [6.07, 6.45) is 2.56. The first-order valence-corrected chi connectivity index (χ1v) is 1.00. The van der Waals surface area contributed by atoms with Crippen molar-refractivity contribution < 1.29 is 39.6 Å². The van der Waals surface area contributed by atoms with Crippen molar-refractivity contribution in [3.05, 3.63) is 25.3 Å². The van der Waals surface area contributed by atoms with Gasteiger partial charge in [0.1, 0.15) is 0 Å². The van der Waals surface area contributed by atoms with E-state index < -0.39 is 0 Å². The summed E-state index contributed by atoms with van der Waals surface area (Å²) in [5.74, 6) is 0. The van der Waals surface area contributed by atoms with Crippen LogP contribution in [0.25, 0.3) is 0 Å². The SMILES string of the molecule is [CH-]=CC=[CH-].[Os+].[Os+]. The summed E-state index contributed by atoms with van der Waals surface area (Å²) in [7, 11) is 0. The smallest absolute Gasteiger partial charge is 0.394 e. The maximum absolute atomic E-state index is 4.72. The molecule has 6 heavy (non-hydrogen) atoms. The molecule has 0 aromatic carbocycles. The van der Waals surface area contributed by atoms with E-state index in [4.69, 9.17) is 13.2 Å². The molecule has 0 heterocycles. The Morgan fingerprint density at radius 1 is 0.833 bits per heavy atom. The third kappa shape index (κ3) is 21.8. The molecule has 0 aromatic heterocycles. The predicted octanol–water partition coefficient (Wildman–Crippen LogP) is 0.960. The van der Waals surface area contributed by atoms with Crippen molar-refractivity contribution in [1.82, 2.24) is 0 Å². The van der Waals surface area contributed by atoms with Gasteiger partial charge in [-0.2, -0.15) is 0 Å². The summed E-state index contributed by atoms with van der Waals surface area (Å²) >= 11 is 0. The minimum absolute atomic E-state index is 0. The molecule has 0 saturated heterocycles. The van der Waals surface area contributed by atoms with E-state index in [0.717, 1.165) is 0 Å². The summed E-state index contributed by atoms with van der Waals surface area (Å²) in [6.45, 7) is 9.44. The van der Waals surface area contributed by atoms with Crippen LogP contribution in [0.2, 0.25) is 0 Å². The Balaban J connectivity index is -0.0000000450. The van der Waals surface area contributed by atoms with Crippen LogP contribution in [0, 0.1) is 13.2 Å². The third-order valence-corrected chi connectivity index (χ3v) is 0.111. The Hall–Kier alpha value is 0.753. The average molecular weight is 433 g/mol. The third-order valence-electron chi connectivity index (χ3n) is 0.111. The largest absolute Gasteiger partial charge is 1.00 e. The molecular weight excluding hydrogens is 429 g/mol. The number of rotatable bonds is 1. The molecule has 0 rings (SSSR count). The topological polar surface area (TPSA) is 0 Å². The summed E-state index contributed by atoms with van der Waals surface area (Å²) in [6, 6.07) is 0. The minimum atomic E-state index is 0. The summed E-state index contributed by atoms with van der Waals surface area (Å²) in [5, 5.41) is 0. The fraction of sp³-hybridized carbons (Fsp3) is 0. The fourth-order valence-corrected chi connectivity index (χ4v) is 0. The van der Waals surface area contributed by atoms with E-state index in [-0.39, 0.29) is 39.6 Å². The summed E-state index contributed by atoms with van der Waals surface area (Å²) in [4.78, 5) is 0. The van der Waals surface area contributed by atoms with E-state index in [1.54, 1.807) is 0 Å². The van der Waals surface area contributed by atoms with Gasteiger partial charge in [-0.3, -0.25) is 0 Å². The fourth-order valence-electron chi connectivity index (χ4n) is 0. The molecule has 0 aliphatic carbocycles. The molecule has 0 atom stereocenters. The molecule has 2 heteroatoms. The predicted molar refractivity (Wildman–Crippen MR) is 17.7 cm³/mol. The number of hydrogen-bond donors (Lipinski definition) is 0. The molecule has 0 saturated carbocycles. The molecule has 0 aromatic rings. The van der Waals surface area contributed by atoms with Gasteiger partial charge in [0.25, 0.3) is 0 Å². The second-order valence-corrected chi connectivity index (χ2v) is 0.385. The van der Waals surface area contributed by atoms with E-state index in [1.165, 1.54) is 12.2 Å². The van der Waals surface area contributed by atoms with E-state index in [1.807, 2.05) is 0 Å². The zero-order valence-corrected chi connectivity index (χ0v) is 8.10. The van der Waals surface area contributed by atoms with Crippen LogP contribution in [0.5, 0.6) is 0 Å². The molecule has 0 amide bonds. The summed E-state index contributed by atoms with van der Waals surface area (Å²) in [5.41, 5.74) is 0. The van der Waals surface area contributed by atoms with Gasteiger partial charge in [0, 0.05) is 0 Å². The van der Waals surface area contributed by atoms with Crippen molar-refractivity contribution >= 4 is 0 Å². The Labute approximate surface area is 64.8 Å². The maximum atomic E-state index is 4.72. The average Bonchev–Trinajstić information content (AvgIpc) is 1.37. The quantitative estimate of drug-likeness (QED) is 0.428. The minimum Gasteiger partial charge on any atom is -0.394 e. The molecule has 2 radical (unpaired) electrons. The Kier molecular flexibility index (Phi) is 45.4. The van der Waals surface area contributed by atoms with Crippen molar-refractivity contribution in [2.24, 2.45) is 0 Å². The van der Waals surface area contributed by atoms with Crippen molar-refractivity contribution in [1.29, 1.82) is 0 Å². The number of hydrogen-bond acceptors (Lipinski definition) is 0. The zero-order chi connectivity index (χ0) is 3.41. The Morgan fingerprint density at radius 2 is 1.00 bits per heavy atom. The molecule has 0 N–H and O–H groups in total. The Bertz CT molecular complexity index is 26.5. The van der Waals surface area contributed by atoms with Crippen LogP contribution in [0.3, 0.4) is 0 Å². The van der Waals surface area contributed by atoms with Gasteiger partial charge in [0.05, 0.1) is 0 Å². The summed E-state index contributed by atoms with van der Waals surface area (Å²) < 4.78 is 0. The van der Waals surface area contributed by atoms with Crippen molar-refractivity contribution in [3.63, 3.8) is 0 Å².